The lowest BCUT2D eigenvalue weighted by molar-refractivity contribution is 0.0949. The van der Waals surface area contributed by atoms with Gasteiger partial charge in [0.25, 0.3) is 5.91 Å². The molecule has 7 heteroatoms. The number of amides is 1. The molecule has 6 nitrogen and oxygen atoms in total. The molecule has 1 aromatic rings. The number of pyridine rings is 1. The first-order valence-corrected chi connectivity index (χ1v) is 7.04. The maximum Gasteiger partial charge on any atom is 0.255 e. The molecular weight excluding hydrogens is 310 g/mol. The van der Waals surface area contributed by atoms with Gasteiger partial charge in [0.05, 0.1) is 5.56 Å². The van der Waals surface area contributed by atoms with Crippen LogP contribution in [0.25, 0.3) is 0 Å². The Balaban J connectivity index is 2.60. The molecule has 1 rings (SSSR count). The topological polar surface area (TPSA) is 83.3 Å². The van der Waals surface area contributed by atoms with E-state index in [9.17, 15) is 4.79 Å². The van der Waals surface area contributed by atoms with E-state index in [1.54, 1.807) is 12.3 Å². The molecule has 0 spiro atoms. The number of hydrazine groups is 1. The van der Waals surface area contributed by atoms with Crippen molar-refractivity contribution in [3.05, 3.63) is 22.3 Å². The van der Waals surface area contributed by atoms with E-state index in [1.807, 2.05) is 0 Å². The monoisotopic (exact) mass is 329 g/mol. The summed E-state index contributed by atoms with van der Waals surface area (Å²) in [5.74, 6) is 5.52. The Morgan fingerprint density at radius 1 is 1.47 bits per heavy atom. The number of rotatable bonds is 7. The van der Waals surface area contributed by atoms with Gasteiger partial charge in [-0.15, -0.1) is 0 Å². The molecule has 1 amide bonds. The number of carbonyl (C=O) groups is 1. The van der Waals surface area contributed by atoms with Crippen LogP contribution in [0.1, 0.15) is 24.2 Å². The summed E-state index contributed by atoms with van der Waals surface area (Å²) in [7, 11) is 0. The number of nitrogen functional groups attached to an aromatic ring is 1. The van der Waals surface area contributed by atoms with Gasteiger partial charge in [0.2, 0.25) is 0 Å². The number of halogens is 1. The Morgan fingerprint density at radius 3 is 2.74 bits per heavy atom. The SMILES string of the molecule is CCN(CC)CCNC(=O)c1cc(Br)cnc1NN. The van der Waals surface area contributed by atoms with Crippen LogP contribution in [0.2, 0.25) is 0 Å². The first-order valence-electron chi connectivity index (χ1n) is 6.25. The van der Waals surface area contributed by atoms with E-state index in [0.29, 0.717) is 17.9 Å². The summed E-state index contributed by atoms with van der Waals surface area (Å²) in [4.78, 5) is 18.3. The van der Waals surface area contributed by atoms with Crippen LogP contribution in [0.3, 0.4) is 0 Å². The van der Waals surface area contributed by atoms with Crippen molar-refractivity contribution < 1.29 is 4.79 Å². The Morgan fingerprint density at radius 2 is 2.16 bits per heavy atom. The van der Waals surface area contributed by atoms with Crippen molar-refractivity contribution in [3.8, 4) is 0 Å². The molecule has 0 bridgehead atoms. The molecule has 19 heavy (non-hydrogen) atoms. The summed E-state index contributed by atoms with van der Waals surface area (Å²) < 4.78 is 0.736. The van der Waals surface area contributed by atoms with Crippen LogP contribution in [-0.4, -0.2) is 42.0 Å². The summed E-state index contributed by atoms with van der Waals surface area (Å²) >= 11 is 3.29. The van der Waals surface area contributed by atoms with Crippen molar-refractivity contribution in [3.63, 3.8) is 0 Å². The van der Waals surface area contributed by atoms with Crippen LogP contribution in [0.15, 0.2) is 16.7 Å². The van der Waals surface area contributed by atoms with Gasteiger partial charge in [0, 0.05) is 23.8 Å². The van der Waals surface area contributed by atoms with Gasteiger partial charge in [-0.25, -0.2) is 10.8 Å². The number of carbonyl (C=O) groups excluding carboxylic acids is 1. The highest BCUT2D eigenvalue weighted by molar-refractivity contribution is 9.10. The predicted octanol–water partition coefficient (Wildman–Crippen LogP) is 1.20. The zero-order valence-corrected chi connectivity index (χ0v) is 12.8. The maximum absolute atomic E-state index is 12.0. The predicted molar refractivity (Wildman–Crippen MR) is 79.9 cm³/mol. The van der Waals surface area contributed by atoms with E-state index in [1.165, 1.54) is 0 Å². The quantitative estimate of drug-likeness (QED) is 0.517. The van der Waals surface area contributed by atoms with E-state index in [-0.39, 0.29) is 5.91 Å². The summed E-state index contributed by atoms with van der Waals surface area (Å²) in [5.41, 5.74) is 2.85. The van der Waals surface area contributed by atoms with Crippen LogP contribution in [0, 0.1) is 0 Å². The highest BCUT2D eigenvalue weighted by Gasteiger charge is 2.12. The second-order valence-electron chi connectivity index (χ2n) is 3.98. The average molecular weight is 330 g/mol. The first kappa shape index (κ1) is 15.9. The standard InChI is InChI=1S/C12H20BrN5O/c1-3-18(4-2)6-5-15-12(19)10-7-9(13)8-16-11(10)17-14/h7-8H,3-6,14H2,1-2H3,(H,15,19)(H,16,17). The smallest absolute Gasteiger partial charge is 0.255 e. The molecule has 4 N–H and O–H groups in total. The highest BCUT2D eigenvalue weighted by Crippen LogP contribution is 2.16. The molecular formula is C12H20BrN5O. The summed E-state index contributed by atoms with van der Waals surface area (Å²) in [6.07, 6.45) is 1.59. The summed E-state index contributed by atoms with van der Waals surface area (Å²) in [5, 5.41) is 2.86. The van der Waals surface area contributed by atoms with Crippen LogP contribution in [0.5, 0.6) is 0 Å². The van der Waals surface area contributed by atoms with Gasteiger partial charge in [-0.05, 0) is 35.1 Å². The fraction of sp³-hybridized carbons (Fsp3) is 0.500. The van der Waals surface area contributed by atoms with Crippen LogP contribution in [0.4, 0.5) is 5.82 Å². The molecule has 0 fully saturated rings. The zero-order chi connectivity index (χ0) is 14.3. The lowest BCUT2D eigenvalue weighted by Gasteiger charge is -2.18. The minimum Gasteiger partial charge on any atom is -0.351 e. The lowest BCUT2D eigenvalue weighted by atomic mass is 10.2. The van der Waals surface area contributed by atoms with E-state index < -0.39 is 0 Å². The second-order valence-corrected chi connectivity index (χ2v) is 4.89. The van der Waals surface area contributed by atoms with Gasteiger partial charge in [-0.3, -0.25) is 4.79 Å². The maximum atomic E-state index is 12.0. The number of nitrogens with one attached hydrogen (secondary N) is 2. The third-order valence-electron chi connectivity index (χ3n) is 2.84. The van der Waals surface area contributed by atoms with Crippen molar-refractivity contribution >= 4 is 27.7 Å². The molecule has 1 heterocycles. The number of anilines is 1. The normalized spacial score (nSPS) is 10.6. The molecule has 0 aliphatic rings. The molecule has 0 saturated carbocycles. The lowest BCUT2D eigenvalue weighted by Crippen LogP contribution is -2.35. The van der Waals surface area contributed by atoms with Crippen molar-refractivity contribution in [2.75, 3.05) is 31.6 Å². The molecule has 0 atom stereocenters. The van der Waals surface area contributed by atoms with E-state index in [0.717, 1.165) is 24.1 Å². The van der Waals surface area contributed by atoms with E-state index >= 15 is 0 Å². The molecule has 106 valence electrons. The molecule has 0 radical (unpaired) electrons. The number of hydrogen-bond acceptors (Lipinski definition) is 5. The minimum atomic E-state index is -0.186. The number of nitrogens with zero attached hydrogens (tertiary/aromatic N) is 2. The highest BCUT2D eigenvalue weighted by atomic mass is 79.9. The Labute approximate surface area is 121 Å². The molecule has 0 aliphatic heterocycles. The number of aromatic nitrogens is 1. The van der Waals surface area contributed by atoms with Gasteiger partial charge in [-0.1, -0.05) is 13.8 Å². The van der Waals surface area contributed by atoms with Crippen LogP contribution >= 0.6 is 15.9 Å². The Hall–Kier alpha value is -1.18. The third-order valence-corrected chi connectivity index (χ3v) is 3.28. The second kappa shape index (κ2) is 8.08. The van der Waals surface area contributed by atoms with Gasteiger partial charge in [-0.2, -0.15) is 0 Å². The fourth-order valence-corrected chi connectivity index (χ4v) is 2.02. The number of nitrogens with two attached hydrogens (primary N) is 1. The van der Waals surface area contributed by atoms with Gasteiger partial charge >= 0.3 is 0 Å². The molecule has 1 aromatic heterocycles. The number of likely N-dealkylation sites (N-methyl/N-ethyl adjacent to an activating group) is 1. The Bertz CT molecular complexity index is 423. The Kier molecular flexibility index (Phi) is 6.75. The number of hydrogen-bond donors (Lipinski definition) is 3. The zero-order valence-electron chi connectivity index (χ0n) is 11.2. The van der Waals surface area contributed by atoms with Crippen molar-refractivity contribution in [1.82, 2.24) is 15.2 Å². The van der Waals surface area contributed by atoms with Crippen LogP contribution < -0.4 is 16.6 Å². The molecule has 0 unspecified atom stereocenters. The van der Waals surface area contributed by atoms with Crippen molar-refractivity contribution in [2.24, 2.45) is 5.84 Å². The van der Waals surface area contributed by atoms with Crippen LogP contribution in [-0.2, 0) is 0 Å². The molecule has 0 saturated heterocycles. The third kappa shape index (κ3) is 4.77. The van der Waals surface area contributed by atoms with Gasteiger partial charge < -0.3 is 15.6 Å². The molecule has 0 aliphatic carbocycles. The molecule has 0 aromatic carbocycles. The van der Waals surface area contributed by atoms with Crippen molar-refractivity contribution in [1.29, 1.82) is 0 Å². The summed E-state index contributed by atoms with van der Waals surface area (Å²) in [6.45, 7) is 7.56. The first-order chi connectivity index (χ1) is 9.12. The van der Waals surface area contributed by atoms with Gasteiger partial charge in [0.15, 0.2) is 5.82 Å². The largest absolute Gasteiger partial charge is 0.351 e. The van der Waals surface area contributed by atoms with Gasteiger partial charge in [0.1, 0.15) is 0 Å². The fourth-order valence-electron chi connectivity index (χ4n) is 1.69. The average Bonchev–Trinajstić information content (AvgIpc) is 2.43. The van der Waals surface area contributed by atoms with Crippen molar-refractivity contribution in [2.45, 2.75) is 13.8 Å². The minimum absolute atomic E-state index is 0.186. The summed E-state index contributed by atoms with van der Waals surface area (Å²) in [6, 6.07) is 1.69. The van der Waals surface area contributed by atoms with E-state index in [4.69, 9.17) is 5.84 Å². The van der Waals surface area contributed by atoms with E-state index in [2.05, 4.69) is 50.4 Å².